The van der Waals surface area contributed by atoms with Gasteiger partial charge in [-0.25, -0.2) is 4.39 Å². The van der Waals surface area contributed by atoms with Crippen LogP contribution < -0.4 is 5.32 Å². The number of hydrogen-bond donors (Lipinski definition) is 1. The van der Waals surface area contributed by atoms with Crippen molar-refractivity contribution >= 4 is 43.5 Å². The fraction of sp³-hybridized carbons (Fsp3) is 0.125. The maximum atomic E-state index is 12.9. The number of amides is 1. The van der Waals surface area contributed by atoms with Crippen molar-refractivity contribution in [2.45, 2.75) is 3.23 Å². The molecular formula is C8H4Br2FNO. The number of carbonyl (C=O) groups is 1. The normalized spacial score (nSPS) is 18.2. The molecule has 1 aliphatic heterocycles. The van der Waals surface area contributed by atoms with E-state index in [1.54, 1.807) is 0 Å². The second kappa shape index (κ2) is 2.78. The zero-order valence-corrected chi connectivity index (χ0v) is 9.45. The van der Waals surface area contributed by atoms with Crippen LogP contribution in [0.5, 0.6) is 0 Å². The van der Waals surface area contributed by atoms with Crippen LogP contribution in [0.25, 0.3) is 0 Å². The molecule has 0 unspecified atom stereocenters. The van der Waals surface area contributed by atoms with Gasteiger partial charge in [0.2, 0.25) is 0 Å². The molecule has 0 aliphatic carbocycles. The molecule has 5 heteroatoms. The van der Waals surface area contributed by atoms with Crippen molar-refractivity contribution in [2.24, 2.45) is 0 Å². The third-order valence-corrected chi connectivity index (χ3v) is 3.43. The molecule has 13 heavy (non-hydrogen) atoms. The largest absolute Gasteiger partial charge is 0.323 e. The first-order valence-corrected chi connectivity index (χ1v) is 5.10. The summed E-state index contributed by atoms with van der Waals surface area (Å²) in [6.45, 7) is 0. The second-order valence-electron chi connectivity index (χ2n) is 2.72. The smallest absolute Gasteiger partial charge is 0.256 e. The molecule has 68 valence electrons. The van der Waals surface area contributed by atoms with E-state index in [2.05, 4.69) is 37.2 Å². The molecule has 0 fully saturated rings. The van der Waals surface area contributed by atoms with Crippen molar-refractivity contribution in [3.8, 4) is 0 Å². The number of anilines is 1. The van der Waals surface area contributed by atoms with Crippen LogP contribution in [0.4, 0.5) is 10.1 Å². The lowest BCUT2D eigenvalue weighted by Gasteiger charge is -2.09. The Bertz CT molecular complexity index is 392. The minimum Gasteiger partial charge on any atom is -0.323 e. The van der Waals surface area contributed by atoms with Gasteiger partial charge in [0.05, 0.1) is 0 Å². The van der Waals surface area contributed by atoms with Crippen molar-refractivity contribution in [2.75, 3.05) is 5.32 Å². The standard InChI is InChI=1S/C8H4Br2FNO/c9-8(10)5-3-4(11)1-2-6(5)12-7(8)13/h1-3H,(H,12,13). The van der Waals surface area contributed by atoms with Gasteiger partial charge in [0, 0.05) is 11.3 Å². The third kappa shape index (κ3) is 1.30. The molecule has 0 radical (unpaired) electrons. The van der Waals surface area contributed by atoms with Gasteiger partial charge in [-0.3, -0.25) is 4.79 Å². The van der Waals surface area contributed by atoms with Crippen LogP contribution in [-0.4, -0.2) is 5.91 Å². The summed E-state index contributed by atoms with van der Waals surface area (Å²) in [4.78, 5) is 11.3. The summed E-state index contributed by atoms with van der Waals surface area (Å²) < 4.78 is 11.9. The molecule has 1 aliphatic rings. The van der Waals surface area contributed by atoms with Gasteiger partial charge < -0.3 is 5.32 Å². The predicted molar refractivity (Wildman–Crippen MR) is 54.6 cm³/mol. The van der Waals surface area contributed by atoms with Gasteiger partial charge in [-0.15, -0.1) is 0 Å². The van der Waals surface area contributed by atoms with E-state index in [0.29, 0.717) is 11.3 Å². The van der Waals surface area contributed by atoms with Crippen LogP contribution in [0.15, 0.2) is 18.2 Å². The van der Waals surface area contributed by atoms with E-state index in [4.69, 9.17) is 0 Å². The van der Waals surface area contributed by atoms with E-state index < -0.39 is 3.23 Å². The van der Waals surface area contributed by atoms with Crippen LogP contribution in [0.3, 0.4) is 0 Å². The highest BCUT2D eigenvalue weighted by Crippen LogP contribution is 2.47. The topological polar surface area (TPSA) is 29.1 Å². The Balaban J connectivity index is 2.64. The number of carbonyl (C=O) groups excluding carboxylic acids is 1. The summed E-state index contributed by atoms with van der Waals surface area (Å²) in [5.41, 5.74) is 1.19. The van der Waals surface area contributed by atoms with E-state index in [0.717, 1.165) is 0 Å². The van der Waals surface area contributed by atoms with Crippen LogP contribution in [0, 0.1) is 5.82 Å². The predicted octanol–water partition coefficient (Wildman–Crippen LogP) is 2.72. The maximum absolute atomic E-state index is 12.9. The number of hydrogen-bond acceptors (Lipinski definition) is 1. The van der Waals surface area contributed by atoms with Crippen LogP contribution >= 0.6 is 31.9 Å². The van der Waals surface area contributed by atoms with E-state index in [-0.39, 0.29) is 11.7 Å². The Hall–Kier alpha value is -0.420. The fourth-order valence-electron chi connectivity index (χ4n) is 1.21. The zero-order chi connectivity index (χ0) is 9.64. The molecular weight excluding hydrogens is 305 g/mol. The molecule has 0 saturated heterocycles. The number of rotatable bonds is 0. The Kier molecular flexibility index (Phi) is 1.96. The van der Waals surface area contributed by atoms with Gasteiger partial charge in [0.1, 0.15) is 5.82 Å². The van der Waals surface area contributed by atoms with Crippen molar-refractivity contribution in [3.05, 3.63) is 29.6 Å². The van der Waals surface area contributed by atoms with Crippen molar-refractivity contribution in [1.82, 2.24) is 0 Å². The van der Waals surface area contributed by atoms with E-state index >= 15 is 0 Å². The molecule has 0 atom stereocenters. The molecule has 0 bridgehead atoms. The number of alkyl halides is 2. The van der Waals surface area contributed by atoms with Gasteiger partial charge in [0.15, 0.2) is 3.23 Å². The van der Waals surface area contributed by atoms with Crippen molar-refractivity contribution in [3.63, 3.8) is 0 Å². The monoisotopic (exact) mass is 307 g/mol. The second-order valence-corrected chi connectivity index (χ2v) is 6.16. The highest BCUT2D eigenvalue weighted by molar-refractivity contribution is 9.25. The van der Waals surface area contributed by atoms with Crippen LogP contribution in [-0.2, 0) is 8.03 Å². The quantitative estimate of drug-likeness (QED) is 0.734. The lowest BCUT2D eigenvalue weighted by molar-refractivity contribution is -0.115. The van der Waals surface area contributed by atoms with E-state index in [9.17, 15) is 9.18 Å². The summed E-state index contributed by atoms with van der Waals surface area (Å²) in [6.07, 6.45) is 0. The SMILES string of the molecule is O=C1Nc2ccc(F)cc2C1(Br)Br. The molecule has 1 amide bonds. The summed E-state index contributed by atoms with van der Waals surface area (Å²) in [6, 6.07) is 4.16. The minimum atomic E-state index is -0.989. The average molecular weight is 309 g/mol. The number of nitrogens with one attached hydrogen (secondary N) is 1. The highest BCUT2D eigenvalue weighted by Gasteiger charge is 2.42. The lowest BCUT2D eigenvalue weighted by Crippen LogP contribution is -2.20. The number of halogens is 3. The van der Waals surface area contributed by atoms with Gasteiger partial charge >= 0.3 is 0 Å². The first kappa shape index (κ1) is 9.15. The Morgan fingerprint density at radius 1 is 1.38 bits per heavy atom. The Morgan fingerprint density at radius 3 is 2.77 bits per heavy atom. The zero-order valence-electron chi connectivity index (χ0n) is 6.27. The summed E-state index contributed by atoms with van der Waals surface area (Å²) in [5, 5.41) is 2.62. The molecule has 1 aromatic carbocycles. The average Bonchev–Trinajstić information content (AvgIpc) is 2.27. The van der Waals surface area contributed by atoms with E-state index in [1.807, 2.05) is 0 Å². The number of benzene rings is 1. The molecule has 1 heterocycles. The molecule has 1 N–H and O–H groups in total. The van der Waals surface area contributed by atoms with Gasteiger partial charge in [-0.2, -0.15) is 0 Å². The molecule has 0 aromatic heterocycles. The van der Waals surface area contributed by atoms with Crippen molar-refractivity contribution in [1.29, 1.82) is 0 Å². The molecule has 2 nitrogen and oxygen atoms in total. The van der Waals surface area contributed by atoms with Gasteiger partial charge in [-0.1, -0.05) is 31.9 Å². The third-order valence-electron chi connectivity index (χ3n) is 1.85. The molecule has 0 spiro atoms. The molecule has 2 rings (SSSR count). The van der Waals surface area contributed by atoms with Crippen LogP contribution in [0.1, 0.15) is 5.56 Å². The Morgan fingerprint density at radius 2 is 2.08 bits per heavy atom. The van der Waals surface area contributed by atoms with Crippen molar-refractivity contribution < 1.29 is 9.18 Å². The summed E-state index contributed by atoms with van der Waals surface area (Å²) in [7, 11) is 0. The molecule has 0 saturated carbocycles. The summed E-state index contributed by atoms with van der Waals surface area (Å²) in [5.74, 6) is -0.605. The number of fused-ring (bicyclic) bond motifs is 1. The lowest BCUT2D eigenvalue weighted by atomic mass is 10.1. The highest BCUT2D eigenvalue weighted by atomic mass is 79.9. The van der Waals surface area contributed by atoms with Gasteiger partial charge in [-0.05, 0) is 18.2 Å². The maximum Gasteiger partial charge on any atom is 0.256 e. The molecule has 1 aromatic rings. The first-order chi connectivity index (χ1) is 6.01. The van der Waals surface area contributed by atoms with E-state index in [1.165, 1.54) is 18.2 Å². The Labute approximate surface area is 90.8 Å². The fourth-order valence-corrected chi connectivity index (χ4v) is 2.06. The minimum absolute atomic E-state index is 0.242. The van der Waals surface area contributed by atoms with Crippen LogP contribution in [0.2, 0.25) is 0 Å². The summed E-state index contributed by atoms with van der Waals surface area (Å²) >= 11 is 6.36. The first-order valence-electron chi connectivity index (χ1n) is 3.51. The van der Waals surface area contributed by atoms with Gasteiger partial charge in [0.25, 0.3) is 5.91 Å².